The molecule has 2 rings (SSSR count). The zero-order valence-electron chi connectivity index (χ0n) is 11.0. The molecule has 0 amide bonds. The number of nitrogens with zero attached hydrogens (tertiary/aromatic N) is 1. The topological polar surface area (TPSA) is 24.9 Å². The molecule has 0 bridgehead atoms. The third kappa shape index (κ3) is 3.39. The highest BCUT2D eigenvalue weighted by atomic mass is 19.1. The van der Waals surface area contributed by atoms with Crippen molar-refractivity contribution in [3.05, 3.63) is 41.5 Å². The van der Waals surface area contributed by atoms with Crippen LogP contribution in [0.25, 0.3) is 0 Å². The van der Waals surface area contributed by atoms with Crippen LogP contribution in [-0.2, 0) is 0 Å². The van der Waals surface area contributed by atoms with Crippen LogP contribution in [0.4, 0.5) is 4.39 Å². The fraction of sp³-hybridized carbons (Fsp3) is 0.533. The van der Waals surface area contributed by atoms with E-state index in [1.54, 1.807) is 12.3 Å². The summed E-state index contributed by atoms with van der Waals surface area (Å²) in [6.07, 6.45) is 11.1. The predicted molar refractivity (Wildman–Crippen MR) is 71.8 cm³/mol. The van der Waals surface area contributed by atoms with E-state index >= 15 is 0 Å². The smallest absolute Gasteiger partial charge is 0.146 e. The van der Waals surface area contributed by atoms with Gasteiger partial charge in [0.05, 0.1) is 6.20 Å². The van der Waals surface area contributed by atoms with Crippen LogP contribution < -0.4 is 5.32 Å². The molecule has 98 valence electrons. The van der Waals surface area contributed by atoms with Gasteiger partial charge < -0.3 is 5.32 Å². The lowest BCUT2D eigenvalue weighted by atomic mass is 9.91. The van der Waals surface area contributed by atoms with Crippen LogP contribution in [0.1, 0.15) is 50.6 Å². The number of nitrogens with one attached hydrogen (secondary N) is 1. The van der Waals surface area contributed by atoms with Gasteiger partial charge in [0.25, 0.3) is 0 Å². The Morgan fingerprint density at radius 2 is 2.33 bits per heavy atom. The van der Waals surface area contributed by atoms with Gasteiger partial charge in [-0.15, -0.1) is 0 Å². The van der Waals surface area contributed by atoms with Crippen molar-refractivity contribution in [1.29, 1.82) is 0 Å². The summed E-state index contributed by atoms with van der Waals surface area (Å²) in [7, 11) is 0. The highest BCUT2D eigenvalue weighted by molar-refractivity contribution is 5.21. The van der Waals surface area contributed by atoms with Gasteiger partial charge in [-0.05, 0) is 44.7 Å². The molecule has 0 fully saturated rings. The van der Waals surface area contributed by atoms with Crippen LogP contribution in [0.2, 0.25) is 0 Å². The average molecular weight is 248 g/mol. The molecule has 18 heavy (non-hydrogen) atoms. The van der Waals surface area contributed by atoms with Crippen LogP contribution >= 0.6 is 0 Å². The minimum Gasteiger partial charge on any atom is -0.310 e. The summed E-state index contributed by atoms with van der Waals surface area (Å²) in [5, 5.41) is 3.38. The third-order valence-electron chi connectivity index (χ3n) is 3.48. The molecule has 1 aliphatic carbocycles. The predicted octanol–water partition coefficient (Wildman–Crippen LogP) is 3.76. The van der Waals surface area contributed by atoms with Crippen molar-refractivity contribution < 1.29 is 4.39 Å². The van der Waals surface area contributed by atoms with Crippen molar-refractivity contribution in [1.82, 2.24) is 10.3 Å². The zero-order chi connectivity index (χ0) is 12.8. The largest absolute Gasteiger partial charge is 0.310 e. The summed E-state index contributed by atoms with van der Waals surface area (Å²) in [5.74, 6) is -0.208. The van der Waals surface area contributed by atoms with Gasteiger partial charge in [0.15, 0.2) is 0 Å². The van der Waals surface area contributed by atoms with Crippen molar-refractivity contribution in [3.8, 4) is 0 Å². The molecule has 1 N–H and O–H groups in total. The molecule has 0 saturated carbocycles. The number of allylic oxidation sites excluding steroid dienone is 1. The first-order valence-corrected chi connectivity index (χ1v) is 6.82. The second kappa shape index (κ2) is 6.64. The summed E-state index contributed by atoms with van der Waals surface area (Å²) in [6.45, 7) is 2.90. The van der Waals surface area contributed by atoms with E-state index in [9.17, 15) is 4.39 Å². The fourth-order valence-electron chi connectivity index (χ4n) is 2.56. The summed E-state index contributed by atoms with van der Waals surface area (Å²) in [6, 6.07) is 1.86. The lowest BCUT2D eigenvalue weighted by Crippen LogP contribution is -2.22. The second-order valence-corrected chi connectivity index (χ2v) is 4.82. The summed E-state index contributed by atoms with van der Waals surface area (Å²) in [5.41, 5.74) is 2.20. The van der Waals surface area contributed by atoms with Crippen LogP contribution in [0.15, 0.2) is 30.1 Å². The van der Waals surface area contributed by atoms with Crippen LogP contribution in [0.5, 0.6) is 0 Å². The number of pyridine rings is 1. The van der Waals surface area contributed by atoms with Gasteiger partial charge in [0, 0.05) is 17.8 Å². The Labute approximate surface area is 108 Å². The lowest BCUT2D eigenvalue weighted by molar-refractivity contribution is 0.494. The van der Waals surface area contributed by atoms with Crippen molar-refractivity contribution in [2.45, 2.75) is 45.1 Å². The standard InChI is InChI=1S/C15H21FN2/c1-2-18-15(10-12-6-4-3-5-7-12)13-8-9-17-11-14(13)16/h6,8-9,11,15,18H,2-5,7,10H2,1H3. The number of aromatic nitrogens is 1. The van der Waals surface area contributed by atoms with E-state index in [1.807, 2.05) is 0 Å². The Bertz CT molecular complexity index is 415. The molecule has 1 aromatic heterocycles. The quantitative estimate of drug-likeness (QED) is 0.802. The second-order valence-electron chi connectivity index (χ2n) is 4.82. The van der Waals surface area contributed by atoms with E-state index in [2.05, 4.69) is 23.3 Å². The molecule has 0 saturated heterocycles. The molecule has 1 aromatic rings. The Balaban J connectivity index is 2.12. The number of halogens is 1. The first-order valence-electron chi connectivity index (χ1n) is 6.82. The van der Waals surface area contributed by atoms with Gasteiger partial charge in [-0.2, -0.15) is 0 Å². The maximum Gasteiger partial charge on any atom is 0.146 e. The highest BCUT2D eigenvalue weighted by Gasteiger charge is 2.17. The molecule has 0 spiro atoms. The van der Waals surface area contributed by atoms with Gasteiger partial charge in [0.1, 0.15) is 5.82 Å². The number of rotatable bonds is 5. The molecule has 0 aliphatic heterocycles. The highest BCUT2D eigenvalue weighted by Crippen LogP contribution is 2.28. The molecule has 0 radical (unpaired) electrons. The Hall–Kier alpha value is -1.22. The molecule has 1 aliphatic rings. The van der Waals surface area contributed by atoms with Crippen molar-refractivity contribution in [2.24, 2.45) is 0 Å². The van der Waals surface area contributed by atoms with E-state index in [-0.39, 0.29) is 11.9 Å². The average Bonchev–Trinajstić information content (AvgIpc) is 2.40. The Morgan fingerprint density at radius 3 is 3.00 bits per heavy atom. The SMILES string of the molecule is CCNC(CC1=CCCCC1)c1ccncc1F. The maximum absolute atomic E-state index is 13.8. The first-order chi connectivity index (χ1) is 8.81. The zero-order valence-corrected chi connectivity index (χ0v) is 11.0. The van der Waals surface area contributed by atoms with E-state index in [0.717, 1.165) is 24.9 Å². The maximum atomic E-state index is 13.8. The van der Waals surface area contributed by atoms with E-state index in [0.29, 0.717) is 0 Å². The molecule has 1 heterocycles. The molecular formula is C15H21FN2. The Kier molecular flexibility index (Phi) is 4.88. The lowest BCUT2D eigenvalue weighted by Gasteiger charge is -2.22. The van der Waals surface area contributed by atoms with Gasteiger partial charge in [-0.3, -0.25) is 4.98 Å². The van der Waals surface area contributed by atoms with E-state index < -0.39 is 0 Å². The minimum absolute atomic E-state index is 0.0716. The molecular weight excluding hydrogens is 227 g/mol. The molecule has 3 heteroatoms. The van der Waals surface area contributed by atoms with Gasteiger partial charge in [-0.1, -0.05) is 18.6 Å². The fourth-order valence-corrected chi connectivity index (χ4v) is 2.56. The molecule has 2 nitrogen and oxygen atoms in total. The summed E-state index contributed by atoms with van der Waals surface area (Å²) < 4.78 is 13.8. The number of hydrogen-bond donors (Lipinski definition) is 1. The normalized spacial score (nSPS) is 17.3. The van der Waals surface area contributed by atoms with Crippen molar-refractivity contribution >= 4 is 0 Å². The summed E-state index contributed by atoms with van der Waals surface area (Å²) >= 11 is 0. The van der Waals surface area contributed by atoms with Gasteiger partial charge in [0.2, 0.25) is 0 Å². The van der Waals surface area contributed by atoms with Crippen LogP contribution in [-0.4, -0.2) is 11.5 Å². The van der Waals surface area contributed by atoms with E-state index in [1.165, 1.54) is 31.0 Å². The van der Waals surface area contributed by atoms with Gasteiger partial charge >= 0.3 is 0 Å². The first kappa shape index (κ1) is 13.2. The van der Waals surface area contributed by atoms with Crippen molar-refractivity contribution in [2.75, 3.05) is 6.54 Å². The monoisotopic (exact) mass is 248 g/mol. The van der Waals surface area contributed by atoms with Crippen molar-refractivity contribution in [3.63, 3.8) is 0 Å². The van der Waals surface area contributed by atoms with Crippen LogP contribution in [0, 0.1) is 5.82 Å². The Morgan fingerprint density at radius 1 is 1.44 bits per heavy atom. The third-order valence-corrected chi connectivity index (χ3v) is 3.48. The van der Waals surface area contributed by atoms with E-state index in [4.69, 9.17) is 0 Å². The molecule has 1 atom stereocenters. The number of hydrogen-bond acceptors (Lipinski definition) is 2. The molecule has 1 unspecified atom stereocenters. The minimum atomic E-state index is -0.208. The summed E-state index contributed by atoms with van der Waals surface area (Å²) in [4.78, 5) is 3.82. The van der Waals surface area contributed by atoms with Crippen LogP contribution in [0.3, 0.4) is 0 Å². The molecule has 0 aromatic carbocycles. The van der Waals surface area contributed by atoms with Gasteiger partial charge in [-0.25, -0.2) is 4.39 Å².